The fraction of sp³-hybridized carbons (Fsp3) is 0.615. The number of rotatable bonds is 17. The van der Waals surface area contributed by atoms with Crippen LogP contribution in [0.5, 0.6) is 0 Å². The molecule has 0 aromatic carbocycles. The fourth-order valence-electron chi connectivity index (χ4n) is 4.48. The Morgan fingerprint density at radius 1 is 1.02 bits per heavy atom. The number of aliphatic hydroxyl groups is 1. The first-order valence-corrected chi connectivity index (χ1v) is 14.8. The minimum absolute atomic E-state index is 0.0956. The van der Waals surface area contributed by atoms with Crippen LogP contribution in [-0.4, -0.2) is 122 Å². The lowest BCUT2D eigenvalue weighted by atomic mass is 10.0. The number of aromatic amines is 1. The van der Waals surface area contributed by atoms with Crippen molar-refractivity contribution in [1.29, 1.82) is 0 Å². The molecule has 2 rings (SSSR count). The maximum atomic E-state index is 13.4. The van der Waals surface area contributed by atoms with E-state index in [2.05, 4.69) is 43.9 Å². The zero-order valence-corrected chi connectivity index (χ0v) is 25.8. The van der Waals surface area contributed by atoms with Crippen LogP contribution in [0.2, 0.25) is 0 Å². The third-order valence-corrected chi connectivity index (χ3v) is 7.47. The SMILES string of the molecule is CC(C)[C@H](N)C(=O)N1CCC[C@H]1C(=O)N[C@@H](Cc1cnc[nH]1)C(=O)N[C@@H](CO)C(=O)N[C@@H](CS)C(=O)N[C@@H](CC(N)=O)C(=O)O. The van der Waals surface area contributed by atoms with Gasteiger partial charge in [-0.3, -0.25) is 28.8 Å². The molecule has 19 heteroatoms. The smallest absolute Gasteiger partial charge is 0.326 e. The number of carboxylic acids is 1. The van der Waals surface area contributed by atoms with Gasteiger partial charge < -0.3 is 52.8 Å². The lowest BCUT2D eigenvalue weighted by Crippen LogP contribution is -2.60. The van der Waals surface area contributed by atoms with Crippen molar-refractivity contribution in [2.75, 3.05) is 18.9 Å². The van der Waals surface area contributed by atoms with Crippen LogP contribution in [-0.2, 0) is 40.0 Å². The van der Waals surface area contributed by atoms with Gasteiger partial charge in [0.15, 0.2) is 0 Å². The Labute approximate surface area is 264 Å². The molecule has 1 saturated heterocycles. The Kier molecular flexibility index (Phi) is 14.2. The van der Waals surface area contributed by atoms with E-state index in [4.69, 9.17) is 11.5 Å². The number of aliphatic carboxylic acids is 1. The van der Waals surface area contributed by atoms with Gasteiger partial charge in [0.25, 0.3) is 0 Å². The number of carbonyl (C=O) groups excluding carboxylic acids is 6. The topological polar surface area (TPSA) is 292 Å². The van der Waals surface area contributed by atoms with Gasteiger partial charge in [0.2, 0.25) is 35.4 Å². The van der Waals surface area contributed by atoms with Gasteiger partial charge in [-0.1, -0.05) is 13.8 Å². The standard InChI is InChI=1S/C26H41N9O9S/c1-12(2)20(28)25(42)35-5-3-4-18(35)24(41)31-14(6-13-8-29-11-30-13)21(38)33-16(9-36)22(39)34-17(10-45)23(40)32-15(26(43)44)7-19(27)37/h8,11-12,14-18,20,36,45H,3-7,9-10,28H2,1-2H3,(H2,27,37)(H,29,30)(H,31,41)(H,32,40)(H,33,38)(H,34,39)(H,43,44)/t14-,15-,16-,17-,18-,20-/m0/s1. The molecule has 0 radical (unpaired) electrons. The highest BCUT2D eigenvalue weighted by atomic mass is 32.1. The van der Waals surface area contributed by atoms with E-state index in [1.165, 1.54) is 17.4 Å². The van der Waals surface area contributed by atoms with Gasteiger partial charge in [0, 0.05) is 30.6 Å². The quantitative estimate of drug-likeness (QED) is 0.0717. The molecule has 18 nitrogen and oxygen atoms in total. The number of thiol groups is 1. The van der Waals surface area contributed by atoms with Crippen LogP contribution in [0.4, 0.5) is 0 Å². The lowest BCUT2D eigenvalue weighted by molar-refractivity contribution is -0.143. The average Bonchev–Trinajstić information content (AvgIpc) is 3.69. The number of nitrogens with two attached hydrogens (primary N) is 2. The zero-order valence-electron chi connectivity index (χ0n) is 24.9. The number of hydrogen-bond donors (Lipinski definition) is 10. The van der Waals surface area contributed by atoms with Crippen LogP contribution in [0, 0.1) is 5.92 Å². The molecule has 0 bridgehead atoms. The van der Waals surface area contributed by atoms with Crippen LogP contribution in [0.3, 0.4) is 0 Å². The average molecular weight is 656 g/mol. The number of primary amides is 1. The van der Waals surface area contributed by atoms with Crippen LogP contribution in [0.1, 0.15) is 38.8 Å². The number of hydrogen-bond acceptors (Lipinski definition) is 11. The predicted molar refractivity (Wildman–Crippen MR) is 160 cm³/mol. The van der Waals surface area contributed by atoms with Crippen molar-refractivity contribution in [2.24, 2.45) is 17.4 Å². The minimum Gasteiger partial charge on any atom is -0.480 e. The lowest BCUT2D eigenvalue weighted by Gasteiger charge is -2.29. The summed E-state index contributed by atoms with van der Waals surface area (Å²) in [7, 11) is 0. The van der Waals surface area contributed by atoms with E-state index in [1.807, 2.05) is 0 Å². The third kappa shape index (κ3) is 10.7. The largest absolute Gasteiger partial charge is 0.480 e. The van der Waals surface area contributed by atoms with E-state index in [9.17, 15) is 43.8 Å². The van der Waals surface area contributed by atoms with Gasteiger partial charge in [0.05, 0.1) is 25.4 Å². The summed E-state index contributed by atoms with van der Waals surface area (Å²) in [5.74, 6) is -6.91. The molecule has 11 N–H and O–H groups in total. The van der Waals surface area contributed by atoms with Crippen molar-refractivity contribution in [1.82, 2.24) is 36.1 Å². The van der Waals surface area contributed by atoms with E-state index in [0.29, 0.717) is 25.1 Å². The van der Waals surface area contributed by atoms with E-state index in [0.717, 1.165) is 0 Å². The van der Waals surface area contributed by atoms with Gasteiger partial charge in [-0.2, -0.15) is 12.6 Å². The molecule has 250 valence electrons. The van der Waals surface area contributed by atoms with Gasteiger partial charge in [-0.15, -0.1) is 0 Å². The number of nitrogens with one attached hydrogen (secondary N) is 5. The summed E-state index contributed by atoms with van der Waals surface area (Å²) >= 11 is 3.99. The van der Waals surface area contributed by atoms with Crippen molar-refractivity contribution in [3.05, 3.63) is 18.2 Å². The summed E-state index contributed by atoms with van der Waals surface area (Å²) in [6, 6.07) is -7.68. The molecular formula is C26H41N9O9S. The first-order chi connectivity index (χ1) is 21.2. The number of aliphatic hydroxyl groups excluding tert-OH is 1. The molecule has 0 aliphatic carbocycles. The second-order valence-electron chi connectivity index (χ2n) is 10.9. The van der Waals surface area contributed by atoms with Crippen molar-refractivity contribution < 1.29 is 43.8 Å². The fourth-order valence-corrected chi connectivity index (χ4v) is 4.74. The molecule has 1 aromatic heterocycles. The number of nitrogens with zero attached hydrogens (tertiary/aromatic N) is 2. The highest BCUT2D eigenvalue weighted by Crippen LogP contribution is 2.20. The van der Waals surface area contributed by atoms with Gasteiger partial charge in [0.1, 0.15) is 30.2 Å². The van der Waals surface area contributed by atoms with E-state index >= 15 is 0 Å². The Balaban J connectivity index is 2.15. The van der Waals surface area contributed by atoms with Gasteiger partial charge in [-0.05, 0) is 18.8 Å². The molecule has 1 fully saturated rings. The van der Waals surface area contributed by atoms with Crippen molar-refractivity contribution >= 4 is 54.0 Å². The molecule has 1 aliphatic heterocycles. The van der Waals surface area contributed by atoms with Gasteiger partial charge >= 0.3 is 5.97 Å². The number of carboxylic acid groups (broad SMARTS) is 1. The summed E-state index contributed by atoms with van der Waals surface area (Å²) < 4.78 is 0. The summed E-state index contributed by atoms with van der Waals surface area (Å²) in [6.07, 6.45) is 2.88. The maximum Gasteiger partial charge on any atom is 0.326 e. The highest BCUT2D eigenvalue weighted by Gasteiger charge is 2.39. The van der Waals surface area contributed by atoms with Crippen molar-refractivity contribution in [3.63, 3.8) is 0 Å². The Morgan fingerprint density at radius 3 is 2.16 bits per heavy atom. The Morgan fingerprint density at radius 2 is 1.62 bits per heavy atom. The normalized spacial score (nSPS) is 17.8. The molecule has 1 aliphatic rings. The molecule has 6 amide bonds. The third-order valence-electron chi connectivity index (χ3n) is 7.10. The summed E-state index contributed by atoms with van der Waals surface area (Å²) in [5.41, 5.74) is 11.5. The number of carbonyl (C=O) groups is 7. The van der Waals surface area contributed by atoms with Crippen LogP contribution < -0.4 is 32.7 Å². The first-order valence-electron chi connectivity index (χ1n) is 14.2. The molecule has 1 aromatic rings. The molecule has 6 atom stereocenters. The number of imidazole rings is 1. The number of amides is 6. The molecule has 45 heavy (non-hydrogen) atoms. The summed E-state index contributed by atoms with van der Waals surface area (Å²) in [5, 5.41) is 28.4. The van der Waals surface area contributed by atoms with E-state index in [-0.39, 0.29) is 24.0 Å². The maximum absolute atomic E-state index is 13.4. The predicted octanol–water partition coefficient (Wildman–Crippen LogP) is -4.25. The number of likely N-dealkylation sites (tertiary alicyclic amines) is 1. The summed E-state index contributed by atoms with van der Waals surface area (Å²) in [6.45, 7) is 2.97. The molecular weight excluding hydrogens is 614 g/mol. The van der Waals surface area contributed by atoms with E-state index in [1.54, 1.807) is 13.8 Å². The van der Waals surface area contributed by atoms with Crippen molar-refractivity contribution in [2.45, 2.75) is 75.8 Å². The van der Waals surface area contributed by atoms with Crippen LogP contribution >= 0.6 is 12.6 Å². The first kappa shape index (κ1) is 37.0. The van der Waals surface area contributed by atoms with E-state index < -0.39 is 84.8 Å². The molecule has 0 unspecified atom stereocenters. The van der Waals surface area contributed by atoms with Crippen LogP contribution in [0.25, 0.3) is 0 Å². The number of H-pyrrole nitrogens is 1. The number of aromatic nitrogens is 2. The monoisotopic (exact) mass is 655 g/mol. The molecule has 2 heterocycles. The van der Waals surface area contributed by atoms with Crippen LogP contribution in [0.15, 0.2) is 12.5 Å². The zero-order chi connectivity index (χ0) is 33.8. The molecule has 0 spiro atoms. The van der Waals surface area contributed by atoms with Gasteiger partial charge in [-0.25, -0.2) is 9.78 Å². The summed E-state index contributed by atoms with van der Waals surface area (Å²) in [4.78, 5) is 95.7. The second kappa shape index (κ2) is 17.3. The Bertz CT molecular complexity index is 1230. The Hall–Kier alpha value is -4.23. The molecule has 0 saturated carbocycles. The highest BCUT2D eigenvalue weighted by molar-refractivity contribution is 7.80. The van der Waals surface area contributed by atoms with Crippen molar-refractivity contribution in [3.8, 4) is 0 Å². The minimum atomic E-state index is -1.67. The second-order valence-corrected chi connectivity index (χ2v) is 11.2.